The highest BCUT2D eigenvalue weighted by Gasteiger charge is 2.16. The third kappa shape index (κ3) is 3.93. The Kier molecular flexibility index (Phi) is 5.80. The molecule has 1 heterocycles. The Morgan fingerprint density at radius 3 is 2.80 bits per heavy atom. The Labute approximate surface area is 121 Å². The summed E-state index contributed by atoms with van der Waals surface area (Å²) in [4.78, 5) is 2.50. The number of methoxy groups -OCH3 is 1. The molecule has 2 rings (SSSR count). The lowest BCUT2D eigenvalue weighted by Gasteiger charge is -2.19. The van der Waals surface area contributed by atoms with E-state index in [4.69, 9.17) is 4.74 Å². The maximum atomic E-state index is 13.9. The second-order valence-corrected chi connectivity index (χ2v) is 5.43. The van der Waals surface area contributed by atoms with Crippen molar-refractivity contribution in [3.63, 3.8) is 0 Å². The molecule has 3 nitrogen and oxygen atoms in total. The van der Waals surface area contributed by atoms with Crippen molar-refractivity contribution in [2.24, 2.45) is 0 Å². The first-order chi connectivity index (χ1) is 9.72. The largest absolute Gasteiger partial charge is 0.496 e. The monoisotopic (exact) mass is 280 g/mol. The van der Waals surface area contributed by atoms with Gasteiger partial charge in [0.15, 0.2) is 0 Å². The number of nitrogens with zero attached hydrogens (tertiary/aromatic N) is 1. The highest BCUT2D eigenvalue weighted by Crippen LogP contribution is 2.27. The zero-order chi connectivity index (χ0) is 14.4. The number of halogens is 1. The summed E-state index contributed by atoms with van der Waals surface area (Å²) in [7, 11) is 1.58. The topological polar surface area (TPSA) is 24.5 Å². The van der Waals surface area contributed by atoms with Crippen LogP contribution >= 0.6 is 0 Å². The van der Waals surface area contributed by atoms with E-state index in [-0.39, 0.29) is 11.9 Å². The molecule has 1 unspecified atom stereocenters. The summed E-state index contributed by atoms with van der Waals surface area (Å²) in [5.74, 6) is 0.411. The summed E-state index contributed by atoms with van der Waals surface area (Å²) >= 11 is 0. The molecule has 4 heteroatoms. The Bertz CT molecular complexity index is 419. The van der Waals surface area contributed by atoms with Crippen LogP contribution in [0.1, 0.15) is 37.8 Å². The molecule has 1 aromatic rings. The molecule has 0 aliphatic carbocycles. The van der Waals surface area contributed by atoms with Crippen molar-refractivity contribution >= 4 is 0 Å². The fourth-order valence-corrected chi connectivity index (χ4v) is 2.84. The number of likely N-dealkylation sites (tertiary alicyclic amines) is 1. The molecule has 20 heavy (non-hydrogen) atoms. The first-order valence-electron chi connectivity index (χ1n) is 7.50. The van der Waals surface area contributed by atoms with Crippen LogP contribution in [0.15, 0.2) is 18.2 Å². The standard InChI is InChI=1S/C16H25FN2O/c1-13(16-14(17)7-5-8-15(16)20-2)18-9-6-12-19-10-3-4-11-19/h5,7-8,13,18H,3-4,6,9-12H2,1-2H3. The molecule has 112 valence electrons. The minimum absolute atomic E-state index is 0.0373. The van der Waals surface area contributed by atoms with Crippen LogP contribution in [0, 0.1) is 5.82 Å². The van der Waals surface area contributed by atoms with Crippen LogP contribution in [0.2, 0.25) is 0 Å². The predicted octanol–water partition coefficient (Wildman–Crippen LogP) is 2.97. The SMILES string of the molecule is COc1cccc(F)c1C(C)NCCCN1CCCC1. The number of benzene rings is 1. The summed E-state index contributed by atoms with van der Waals surface area (Å²) in [6, 6.07) is 4.93. The molecule has 1 saturated heterocycles. The van der Waals surface area contributed by atoms with Crippen LogP contribution in [0.25, 0.3) is 0 Å². The summed E-state index contributed by atoms with van der Waals surface area (Å²) < 4.78 is 19.2. The van der Waals surface area contributed by atoms with Crippen LogP contribution in [-0.2, 0) is 0 Å². The van der Waals surface area contributed by atoms with Crippen LogP contribution in [0.3, 0.4) is 0 Å². The number of nitrogens with one attached hydrogen (secondary N) is 1. The third-order valence-corrected chi connectivity index (χ3v) is 3.97. The van der Waals surface area contributed by atoms with Gasteiger partial charge in [0.1, 0.15) is 11.6 Å². The molecule has 1 aliphatic heterocycles. The average Bonchev–Trinajstić information content (AvgIpc) is 2.96. The maximum Gasteiger partial charge on any atom is 0.131 e. The molecule has 0 amide bonds. The van der Waals surface area contributed by atoms with Gasteiger partial charge < -0.3 is 15.0 Å². The fraction of sp³-hybridized carbons (Fsp3) is 0.625. The first kappa shape index (κ1) is 15.3. The molecular weight excluding hydrogens is 255 g/mol. The van der Waals surface area contributed by atoms with E-state index in [2.05, 4.69) is 10.2 Å². The van der Waals surface area contributed by atoms with Gasteiger partial charge in [0.25, 0.3) is 0 Å². The van der Waals surface area contributed by atoms with E-state index in [1.165, 1.54) is 32.0 Å². The van der Waals surface area contributed by atoms with Gasteiger partial charge in [-0.05, 0) is 64.5 Å². The molecule has 1 atom stereocenters. The molecule has 1 aliphatic rings. The minimum Gasteiger partial charge on any atom is -0.496 e. The summed E-state index contributed by atoms with van der Waals surface area (Å²) in [5, 5.41) is 3.39. The number of ether oxygens (including phenoxy) is 1. The number of hydrogen-bond acceptors (Lipinski definition) is 3. The number of hydrogen-bond donors (Lipinski definition) is 1. The van der Waals surface area contributed by atoms with Gasteiger partial charge in [0.05, 0.1) is 7.11 Å². The summed E-state index contributed by atoms with van der Waals surface area (Å²) in [5.41, 5.74) is 0.621. The van der Waals surface area contributed by atoms with Gasteiger partial charge in [-0.3, -0.25) is 0 Å². The Balaban J connectivity index is 1.80. The minimum atomic E-state index is -0.205. The first-order valence-corrected chi connectivity index (χ1v) is 7.50. The van der Waals surface area contributed by atoms with Gasteiger partial charge in [-0.2, -0.15) is 0 Å². The van der Waals surface area contributed by atoms with Crippen molar-refractivity contribution in [1.29, 1.82) is 0 Å². The van der Waals surface area contributed by atoms with Gasteiger partial charge in [-0.25, -0.2) is 4.39 Å². The van der Waals surface area contributed by atoms with Gasteiger partial charge in [0, 0.05) is 11.6 Å². The van der Waals surface area contributed by atoms with E-state index in [0.717, 1.165) is 19.5 Å². The van der Waals surface area contributed by atoms with E-state index in [0.29, 0.717) is 11.3 Å². The molecule has 1 N–H and O–H groups in total. The van der Waals surface area contributed by atoms with E-state index < -0.39 is 0 Å². The normalized spacial score (nSPS) is 17.4. The van der Waals surface area contributed by atoms with Crippen LogP contribution in [0.5, 0.6) is 5.75 Å². The van der Waals surface area contributed by atoms with Gasteiger partial charge >= 0.3 is 0 Å². The van der Waals surface area contributed by atoms with Crippen LogP contribution in [-0.4, -0.2) is 38.2 Å². The van der Waals surface area contributed by atoms with Crippen molar-refractivity contribution in [3.05, 3.63) is 29.6 Å². The van der Waals surface area contributed by atoms with E-state index in [9.17, 15) is 4.39 Å². The van der Waals surface area contributed by atoms with Crippen molar-refractivity contribution in [3.8, 4) is 5.75 Å². The average molecular weight is 280 g/mol. The molecule has 1 aromatic carbocycles. The molecule has 0 bridgehead atoms. The molecular formula is C16H25FN2O. The third-order valence-electron chi connectivity index (χ3n) is 3.97. The summed E-state index contributed by atoms with van der Waals surface area (Å²) in [6.45, 7) is 6.48. The van der Waals surface area contributed by atoms with Crippen molar-refractivity contribution in [1.82, 2.24) is 10.2 Å². The van der Waals surface area contributed by atoms with Crippen LogP contribution < -0.4 is 10.1 Å². The van der Waals surface area contributed by atoms with Gasteiger partial charge in [-0.15, -0.1) is 0 Å². The van der Waals surface area contributed by atoms with Crippen molar-refractivity contribution in [2.75, 3.05) is 33.3 Å². The summed E-state index contributed by atoms with van der Waals surface area (Å²) in [6.07, 6.45) is 3.76. The molecule has 0 spiro atoms. The zero-order valence-electron chi connectivity index (χ0n) is 12.5. The predicted molar refractivity (Wildman–Crippen MR) is 79.7 cm³/mol. The van der Waals surface area contributed by atoms with Crippen molar-refractivity contribution in [2.45, 2.75) is 32.2 Å². The van der Waals surface area contributed by atoms with Crippen LogP contribution in [0.4, 0.5) is 4.39 Å². The second kappa shape index (κ2) is 7.60. The van der Waals surface area contributed by atoms with Gasteiger partial charge in [0.2, 0.25) is 0 Å². The molecule has 0 radical (unpaired) electrons. The maximum absolute atomic E-state index is 13.9. The molecule has 0 saturated carbocycles. The van der Waals surface area contributed by atoms with E-state index in [1.54, 1.807) is 19.2 Å². The molecule has 1 fully saturated rings. The highest BCUT2D eigenvalue weighted by molar-refractivity contribution is 5.36. The zero-order valence-corrected chi connectivity index (χ0v) is 12.5. The molecule has 0 aromatic heterocycles. The smallest absolute Gasteiger partial charge is 0.131 e. The Morgan fingerprint density at radius 1 is 1.35 bits per heavy atom. The number of rotatable bonds is 7. The highest BCUT2D eigenvalue weighted by atomic mass is 19.1. The lowest BCUT2D eigenvalue weighted by molar-refractivity contribution is 0.327. The Morgan fingerprint density at radius 2 is 2.10 bits per heavy atom. The van der Waals surface area contributed by atoms with E-state index >= 15 is 0 Å². The van der Waals surface area contributed by atoms with E-state index in [1.807, 2.05) is 6.92 Å². The second-order valence-electron chi connectivity index (χ2n) is 5.43. The fourth-order valence-electron chi connectivity index (χ4n) is 2.84. The Hall–Kier alpha value is -1.13. The van der Waals surface area contributed by atoms with Gasteiger partial charge in [-0.1, -0.05) is 6.07 Å². The quantitative estimate of drug-likeness (QED) is 0.777. The lowest BCUT2D eigenvalue weighted by Crippen LogP contribution is -2.26. The van der Waals surface area contributed by atoms with Crippen molar-refractivity contribution < 1.29 is 9.13 Å². The lowest BCUT2D eigenvalue weighted by atomic mass is 10.1.